The second-order valence-electron chi connectivity index (χ2n) is 16.3. The Kier molecular flexibility index (Phi) is 11.6. The zero-order chi connectivity index (χ0) is 37.7. The summed E-state index contributed by atoms with van der Waals surface area (Å²) < 4.78 is 26.5. The van der Waals surface area contributed by atoms with Crippen molar-refractivity contribution in [3.05, 3.63) is 132 Å². The minimum absolute atomic E-state index is 0.0802. The second kappa shape index (κ2) is 16.0. The van der Waals surface area contributed by atoms with Gasteiger partial charge < -0.3 is 24.0 Å². The number of nitrogens with zero attached hydrogens (tertiary/aromatic N) is 1. The highest BCUT2D eigenvalue weighted by Gasteiger charge is 2.66. The van der Waals surface area contributed by atoms with Crippen LogP contribution in [0.1, 0.15) is 65.5 Å². The average molecular weight is 735 g/mol. The number of amides is 1. The Balaban J connectivity index is 1.41. The van der Waals surface area contributed by atoms with Crippen molar-refractivity contribution < 1.29 is 28.2 Å². The number of esters is 1. The van der Waals surface area contributed by atoms with Crippen LogP contribution in [0.15, 0.2) is 121 Å². The van der Waals surface area contributed by atoms with Crippen LogP contribution in [-0.2, 0) is 36.6 Å². The van der Waals surface area contributed by atoms with Gasteiger partial charge in [0.25, 0.3) is 8.32 Å². The van der Waals surface area contributed by atoms with Crippen LogP contribution in [0.2, 0.25) is 5.04 Å². The third-order valence-corrected chi connectivity index (χ3v) is 15.6. The fourth-order valence-corrected chi connectivity index (χ4v) is 12.8. The van der Waals surface area contributed by atoms with Crippen molar-refractivity contribution in [1.82, 2.24) is 10.2 Å². The standard InChI is InChI=1S/C44H54N2O6Si/c1-42(2,3)39-46-29-19-28-44(46,40(47)49-30-33-20-11-7-12-21-33)38(52-39)37(45-41(48)50-31-34-22-13-8-14-23-34)32-51-53(43(4,5)6,35-24-15-9-16-25-35)36-26-17-10-18-27-36/h7-18,20-27,37-39H,19,28-32H2,1-6H3,(H,45,48)/t37-,38+,39+,44-/m1/s1. The first kappa shape index (κ1) is 38.4. The fraction of sp³-hybridized carbons (Fsp3) is 0.409. The average Bonchev–Trinajstić information content (AvgIpc) is 3.73. The molecule has 4 aromatic carbocycles. The van der Waals surface area contributed by atoms with Crippen LogP contribution in [0.3, 0.4) is 0 Å². The van der Waals surface area contributed by atoms with E-state index in [1.54, 1.807) is 0 Å². The van der Waals surface area contributed by atoms with Crippen molar-refractivity contribution in [3.8, 4) is 0 Å². The molecule has 2 heterocycles. The monoisotopic (exact) mass is 734 g/mol. The van der Waals surface area contributed by atoms with Crippen LogP contribution in [0, 0.1) is 5.41 Å². The summed E-state index contributed by atoms with van der Waals surface area (Å²) in [7, 11) is -3.06. The summed E-state index contributed by atoms with van der Waals surface area (Å²) in [6.45, 7) is 14.0. The molecule has 4 atom stereocenters. The van der Waals surface area contributed by atoms with Crippen LogP contribution in [0.25, 0.3) is 0 Å². The van der Waals surface area contributed by atoms with Crippen molar-refractivity contribution in [2.75, 3.05) is 13.2 Å². The molecule has 4 aromatic rings. The van der Waals surface area contributed by atoms with E-state index in [-0.39, 0.29) is 36.2 Å². The molecule has 0 unspecified atom stereocenters. The number of hydrogen-bond acceptors (Lipinski definition) is 7. The van der Waals surface area contributed by atoms with Gasteiger partial charge in [0, 0.05) is 12.0 Å². The smallest absolute Gasteiger partial charge is 0.407 e. The molecule has 280 valence electrons. The molecule has 1 amide bonds. The Hall–Kier alpha value is -4.28. The van der Waals surface area contributed by atoms with Gasteiger partial charge in [-0.15, -0.1) is 0 Å². The lowest BCUT2D eigenvalue weighted by Crippen LogP contribution is -2.69. The molecule has 2 aliphatic rings. The molecule has 2 fully saturated rings. The van der Waals surface area contributed by atoms with Crippen molar-refractivity contribution in [2.24, 2.45) is 5.41 Å². The van der Waals surface area contributed by atoms with E-state index in [1.165, 1.54) is 0 Å². The zero-order valence-corrected chi connectivity index (χ0v) is 32.9. The highest BCUT2D eigenvalue weighted by atomic mass is 28.4. The molecule has 2 aliphatic heterocycles. The molecule has 0 radical (unpaired) electrons. The Morgan fingerprint density at radius 2 is 1.26 bits per heavy atom. The van der Waals surface area contributed by atoms with Crippen LogP contribution in [-0.4, -0.2) is 62.3 Å². The van der Waals surface area contributed by atoms with Gasteiger partial charge >= 0.3 is 12.1 Å². The van der Waals surface area contributed by atoms with E-state index < -0.39 is 38.3 Å². The van der Waals surface area contributed by atoms with E-state index in [1.807, 2.05) is 97.1 Å². The van der Waals surface area contributed by atoms with Gasteiger partial charge in [-0.3, -0.25) is 4.90 Å². The molecule has 0 bridgehead atoms. The summed E-state index contributed by atoms with van der Waals surface area (Å²) in [4.78, 5) is 30.7. The Labute approximate surface area is 315 Å². The minimum Gasteiger partial charge on any atom is -0.459 e. The molecule has 0 saturated carbocycles. The van der Waals surface area contributed by atoms with Crippen LogP contribution in [0.4, 0.5) is 4.79 Å². The number of alkyl carbamates (subject to hydrolysis) is 1. The third-order valence-electron chi connectivity index (χ3n) is 10.6. The number of carbonyl (C=O) groups excluding carboxylic acids is 2. The Morgan fingerprint density at radius 3 is 1.75 bits per heavy atom. The summed E-state index contributed by atoms with van der Waals surface area (Å²) in [5.41, 5.74) is 0.273. The highest BCUT2D eigenvalue weighted by molar-refractivity contribution is 6.99. The van der Waals surface area contributed by atoms with E-state index in [9.17, 15) is 9.59 Å². The summed E-state index contributed by atoms with van der Waals surface area (Å²) in [6.07, 6.45) is -0.496. The van der Waals surface area contributed by atoms with Crippen molar-refractivity contribution in [3.63, 3.8) is 0 Å². The lowest BCUT2D eigenvalue weighted by atomic mass is 9.85. The predicted octanol–water partition coefficient (Wildman–Crippen LogP) is 7.21. The van der Waals surface area contributed by atoms with E-state index in [0.717, 1.165) is 27.9 Å². The van der Waals surface area contributed by atoms with Crippen molar-refractivity contribution in [2.45, 2.75) is 96.5 Å². The summed E-state index contributed by atoms with van der Waals surface area (Å²) in [6, 6.07) is 39.3. The van der Waals surface area contributed by atoms with Gasteiger partial charge in [-0.25, -0.2) is 9.59 Å². The van der Waals surface area contributed by atoms with Gasteiger partial charge in [-0.2, -0.15) is 0 Å². The van der Waals surface area contributed by atoms with E-state index in [2.05, 4.69) is 76.0 Å². The molecule has 6 rings (SSSR count). The Morgan fingerprint density at radius 1 is 0.774 bits per heavy atom. The summed E-state index contributed by atoms with van der Waals surface area (Å²) >= 11 is 0. The third kappa shape index (κ3) is 7.99. The summed E-state index contributed by atoms with van der Waals surface area (Å²) in [5, 5.41) is 5.08. The van der Waals surface area contributed by atoms with E-state index in [0.29, 0.717) is 13.0 Å². The molecular weight excluding hydrogens is 681 g/mol. The van der Waals surface area contributed by atoms with Gasteiger partial charge in [-0.05, 0) is 39.4 Å². The van der Waals surface area contributed by atoms with Gasteiger partial charge in [0.15, 0.2) is 0 Å². The number of rotatable bonds is 12. The van der Waals surface area contributed by atoms with Gasteiger partial charge in [-0.1, -0.05) is 163 Å². The number of nitrogens with one attached hydrogen (secondary N) is 1. The van der Waals surface area contributed by atoms with Crippen molar-refractivity contribution >= 4 is 30.8 Å². The van der Waals surface area contributed by atoms with Crippen LogP contribution >= 0.6 is 0 Å². The number of carbonyl (C=O) groups is 2. The lowest BCUT2D eigenvalue weighted by Gasteiger charge is -2.44. The van der Waals surface area contributed by atoms with E-state index >= 15 is 0 Å². The molecule has 9 heteroatoms. The van der Waals surface area contributed by atoms with Crippen LogP contribution in [0.5, 0.6) is 0 Å². The zero-order valence-electron chi connectivity index (χ0n) is 31.9. The highest BCUT2D eigenvalue weighted by Crippen LogP contribution is 2.49. The molecular formula is C44H54N2O6Si. The molecule has 1 N–H and O–H groups in total. The number of fused-ring (bicyclic) bond motifs is 1. The maximum absolute atomic E-state index is 14.7. The maximum Gasteiger partial charge on any atom is 0.407 e. The molecule has 53 heavy (non-hydrogen) atoms. The van der Waals surface area contributed by atoms with Crippen molar-refractivity contribution in [1.29, 1.82) is 0 Å². The maximum atomic E-state index is 14.7. The first-order valence-corrected chi connectivity index (χ1v) is 20.6. The molecule has 0 aromatic heterocycles. The Bertz CT molecular complexity index is 1760. The summed E-state index contributed by atoms with van der Waals surface area (Å²) in [5.74, 6) is -0.356. The van der Waals surface area contributed by atoms with Gasteiger partial charge in [0.2, 0.25) is 0 Å². The quantitative estimate of drug-likeness (QED) is 0.122. The number of ether oxygens (including phenoxy) is 3. The van der Waals surface area contributed by atoms with Gasteiger partial charge in [0.05, 0.1) is 12.6 Å². The second-order valence-corrected chi connectivity index (χ2v) is 20.7. The molecule has 2 saturated heterocycles. The lowest BCUT2D eigenvalue weighted by molar-refractivity contribution is -0.159. The first-order valence-electron chi connectivity index (χ1n) is 18.7. The molecule has 0 aliphatic carbocycles. The van der Waals surface area contributed by atoms with Gasteiger partial charge in [0.1, 0.15) is 31.1 Å². The first-order chi connectivity index (χ1) is 25.4. The largest absolute Gasteiger partial charge is 0.459 e. The predicted molar refractivity (Wildman–Crippen MR) is 210 cm³/mol. The SMILES string of the molecule is CC(C)(C)[C@@H]1O[C@@H]([C@@H](CO[Si](c2ccccc2)(c2ccccc2)C(C)(C)C)NC(=O)OCc2ccccc2)[C@@]2(C(=O)OCc3ccccc3)CCCN12. The number of hydrogen-bond donors (Lipinski definition) is 1. The van der Waals surface area contributed by atoms with Crippen LogP contribution < -0.4 is 15.7 Å². The minimum atomic E-state index is -3.06. The van der Waals surface area contributed by atoms with E-state index in [4.69, 9.17) is 18.6 Å². The molecule has 8 nitrogen and oxygen atoms in total. The topological polar surface area (TPSA) is 86.3 Å². The normalized spacial score (nSPS) is 21.1. The molecule has 0 spiro atoms. The number of benzene rings is 4. The fourth-order valence-electron chi connectivity index (χ4n) is 8.20.